The molecule has 0 saturated heterocycles. The normalized spacial score (nSPS) is 14.5. The van der Waals surface area contributed by atoms with Gasteiger partial charge in [0.05, 0.1) is 6.54 Å². The summed E-state index contributed by atoms with van der Waals surface area (Å²) in [7, 11) is 0. The minimum absolute atomic E-state index is 0.677. The van der Waals surface area contributed by atoms with E-state index < -0.39 is 0 Å². The van der Waals surface area contributed by atoms with Gasteiger partial charge in [0.2, 0.25) is 0 Å². The van der Waals surface area contributed by atoms with Crippen molar-refractivity contribution >= 4 is 11.8 Å². The van der Waals surface area contributed by atoms with Gasteiger partial charge in [0, 0.05) is 11.1 Å². The van der Waals surface area contributed by atoms with Crippen molar-refractivity contribution in [3.8, 4) is 6.19 Å². The number of nitrogens with zero attached hydrogens (tertiary/aromatic N) is 2. The van der Waals surface area contributed by atoms with Crippen LogP contribution in [-0.2, 0) is 6.54 Å². The second kappa shape index (κ2) is 3.55. The van der Waals surface area contributed by atoms with E-state index in [0.717, 1.165) is 0 Å². The van der Waals surface area contributed by atoms with E-state index in [4.69, 9.17) is 5.26 Å². The maximum atomic E-state index is 8.76. The molecule has 13 heavy (non-hydrogen) atoms. The first-order valence-corrected chi connectivity index (χ1v) is 4.86. The van der Waals surface area contributed by atoms with Crippen LogP contribution in [0.5, 0.6) is 0 Å². The predicted octanol–water partition coefficient (Wildman–Crippen LogP) is 2.55. The van der Waals surface area contributed by atoms with Crippen molar-refractivity contribution in [2.24, 2.45) is 0 Å². The van der Waals surface area contributed by atoms with Crippen molar-refractivity contribution in [3.05, 3.63) is 41.4 Å². The van der Waals surface area contributed by atoms with Gasteiger partial charge in [-0.15, -0.1) is 0 Å². The van der Waals surface area contributed by atoms with Crippen LogP contribution < -0.4 is 0 Å². The third kappa shape index (κ3) is 1.68. The second-order valence-corrected chi connectivity index (χ2v) is 3.69. The molecule has 0 amide bonds. The highest BCUT2D eigenvalue weighted by Gasteiger charge is 2.07. The van der Waals surface area contributed by atoms with Gasteiger partial charge in [-0.05, 0) is 17.0 Å². The Balaban J connectivity index is 2.36. The Morgan fingerprint density at radius 3 is 3.08 bits per heavy atom. The maximum absolute atomic E-state index is 8.76. The van der Waals surface area contributed by atoms with Crippen molar-refractivity contribution in [3.63, 3.8) is 0 Å². The maximum Gasteiger partial charge on any atom is 0.184 e. The summed E-state index contributed by atoms with van der Waals surface area (Å²) in [5, 5.41) is 10.7. The SMILES string of the molecule is N#CN1C=CSc2ccccc2C1. The molecule has 0 bridgehead atoms. The molecule has 1 aromatic carbocycles. The van der Waals surface area contributed by atoms with Gasteiger partial charge in [0.1, 0.15) is 0 Å². The summed E-state index contributed by atoms with van der Waals surface area (Å²) >= 11 is 1.66. The van der Waals surface area contributed by atoms with E-state index in [9.17, 15) is 0 Å². The molecule has 1 aromatic rings. The molecule has 1 aliphatic rings. The minimum Gasteiger partial charge on any atom is -0.282 e. The summed E-state index contributed by atoms with van der Waals surface area (Å²) in [6, 6.07) is 8.15. The molecule has 1 heterocycles. The number of rotatable bonds is 0. The highest BCUT2D eigenvalue weighted by Crippen LogP contribution is 2.27. The number of nitriles is 1. The summed E-state index contributed by atoms with van der Waals surface area (Å²) in [5.41, 5.74) is 1.21. The molecule has 0 radical (unpaired) electrons. The molecule has 0 fully saturated rings. The average molecular weight is 188 g/mol. The van der Waals surface area contributed by atoms with Crippen LogP contribution in [-0.4, -0.2) is 4.90 Å². The van der Waals surface area contributed by atoms with Crippen molar-refractivity contribution in [2.75, 3.05) is 0 Å². The van der Waals surface area contributed by atoms with E-state index in [-0.39, 0.29) is 0 Å². The van der Waals surface area contributed by atoms with Gasteiger partial charge in [-0.25, -0.2) is 0 Å². The van der Waals surface area contributed by atoms with Gasteiger partial charge in [0.15, 0.2) is 6.19 Å². The first kappa shape index (κ1) is 8.21. The van der Waals surface area contributed by atoms with Crippen molar-refractivity contribution in [1.82, 2.24) is 4.90 Å². The fraction of sp³-hybridized carbons (Fsp3) is 0.100. The molecule has 0 atom stereocenters. The number of hydrogen-bond acceptors (Lipinski definition) is 3. The quantitative estimate of drug-likeness (QED) is 0.585. The molecule has 0 unspecified atom stereocenters. The summed E-state index contributed by atoms with van der Waals surface area (Å²) in [6.07, 6.45) is 3.93. The number of thioether (sulfide) groups is 1. The van der Waals surface area contributed by atoms with Crippen molar-refractivity contribution in [2.45, 2.75) is 11.4 Å². The van der Waals surface area contributed by atoms with Crippen LogP contribution in [0.25, 0.3) is 0 Å². The van der Waals surface area contributed by atoms with Gasteiger partial charge in [-0.1, -0.05) is 30.0 Å². The molecule has 1 aliphatic heterocycles. The van der Waals surface area contributed by atoms with Gasteiger partial charge >= 0.3 is 0 Å². The number of fused-ring (bicyclic) bond motifs is 1. The lowest BCUT2D eigenvalue weighted by molar-refractivity contribution is 0.518. The zero-order chi connectivity index (χ0) is 9.10. The van der Waals surface area contributed by atoms with Gasteiger partial charge in [-0.3, -0.25) is 4.90 Å². The molecule has 0 N–H and O–H groups in total. The first-order valence-electron chi connectivity index (χ1n) is 3.98. The Hall–Kier alpha value is -1.40. The van der Waals surface area contributed by atoms with Gasteiger partial charge < -0.3 is 0 Å². The zero-order valence-electron chi connectivity index (χ0n) is 6.97. The highest BCUT2D eigenvalue weighted by molar-refractivity contribution is 8.02. The second-order valence-electron chi connectivity index (χ2n) is 2.74. The predicted molar refractivity (Wildman–Crippen MR) is 52.6 cm³/mol. The first-order chi connectivity index (χ1) is 6.40. The molecule has 64 valence electrons. The van der Waals surface area contributed by atoms with E-state index in [1.165, 1.54) is 10.5 Å². The monoisotopic (exact) mass is 188 g/mol. The molecule has 0 spiro atoms. The molecule has 0 aromatic heterocycles. The number of hydrogen-bond donors (Lipinski definition) is 0. The molecular formula is C10H8N2S. The van der Waals surface area contributed by atoms with Crippen LogP contribution in [0.1, 0.15) is 5.56 Å². The van der Waals surface area contributed by atoms with E-state index in [2.05, 4.69) is 18.3 Å². The Bertz CT molecular complexity index is 379. The third-order valence-electron chi connectivity index (χ3n) is 1.88. The van der Waals surface area contributed by atoms with Crippen LogP contribution in [0.4, 0.5) is 0 Å². The van der Waals surface area contributed by atoms with E-state index in [0.29, 0.717) is 6.54 Å². The third-order valence-corrected chi connectivity index (χ3v) is 2.79. The van der Waals surface area contributed by atoms with Gasteiger partial charge in [0.25, 0.3) is 0 Å². The van der Waals surface area contributed by atoms with E-state index >= 15 is 0 Å². The van der Waals surface area contributed by atoms with Crippen molar-refractivity contribution in [1.29, 1.82) is 5.26 Å². The Morgan fingerprint density at radius 1 is 1.38 bits per heavy atom. The Kier molecular flexibility index (Phi) is 2.24. The Labute approximate surface area is 81.5 Å². The summed E-state index contributed by atoms with van der Waals surface area (Å²) in [5.74, 6) is 0. The van der Waals surface area contributed by atoms with Crippen LogP contribution in [0.15, 0.2) is 40.8 Å². The molecule has 3 heteroatoms. The summed E-state index contributed by atoms with van der Waals surface area (Å²) in [4.78, 5) is 2.86. The zero-order valence-corrected chi connectivity index (χ0v) is 7.79. The number of benzene rings is 1. The highest BCUT2D eigenvalue weighted by atomic mass is 32.2. The molecule has 0 saturated carbocycles. The topological polar surface area (TPSA) is 27.0 Å². The fourth-order valence-corrected chi connectivity index (χ4v) is 2.03. The standard InChI is InChI=1S/C10H8N2S/c11-8-12-5-6-13-10-4-2-1-3-9(10)7-12/h1-6H,7H2. The van der Waals surface area contributed by atoms with Crippen LogP contribution in [0, 0.1) is 11.5 Å². The fourth-order valence-electron chi connectivity index (χ4n) is 1.23. The molecule has 2 nitrogen and oxygen atoms in total. The van der Waals surface area contributed by atoms with Crippen LogP contribution in [0.2, 0.25) is 0 Å². The minimum atomic E-state index is 0.677. The van der Waals surface area contributed by atoms with E-state index in [1.54, 1.807) is 16.7 Å². The van der Waals surface area contributed by atoms with Gasteiger partial charge in [-0.2, -0.15) is 5.26 Å². The lowest BCUT2D eigenvalue weighted by atomic mass is 10.2. The Morgan fingerprint density at radius 2 is 2.23 bits per heavy atom. The van der Waals surface area contributed by atoms with Crippen molar-refractivity contribution < 1.29 is 0 Å². The lowest BCUT2D eigenvalue weighted by Crippen LogP contribution is -2.08. The average Bonchev–Trinajstić information content (AvgIpc) is 2.38. The largest absolute Gasteiger partial charge is 0.282 e. The van der Waals surface area contributed by atoms with E-state index in [1.807, 2.05) is 23.7 Å². The summed E-state index contributed by atoms with van der Waals surface area (Å²) in [6.45, 7) is 0.677. The molecular weight excluding hydrogens is 180 g/mol. The smallest absolute Gasteiger partial charge is 0.184 e. The van der Waals surface area contributed by atoms with Crippen LogP contribution >= 0.6 is 11.8 Å². The summed E-state index contributed by atoms with van der Waals surface area (Å²) < 4.78 is 0. The van der Waals surface area contributed by atoms with Crippen LogP contribution in [0.3, 0.4) is 0 Å². The molecule has 0 aliphatic carbocycles. The lowest BCUT2D eigenvalue weighted by Gasteiger charge is -2.08. The molecule has 2 rings (SSSR count).